The quantitative estimate of drug-likeness (QED) is 0.837. The first-order chi connectivity index (χ1) is 9.77. The Hall–Kier alpha value is -0.630. The topological polar surface area (TPSA) is 80.5 Å². The van der Waals surface area contributed by atoms with Crippen molar-refractivity contribution < 1.29 is 13.2 Å². The fourth-order valence-corrected chi connectivity index (χ4v) is 5.03. The number of nitrogens with zero attached hydrogens (tertiary/aromatic N) is 1. The van der Waals surface area contributed by atoms with E-state index in [4.69, 9.17) is 16.7 Å². The number of hydrogen-bond acceptors (Lipinski definition) is 3. The van der Waals surface area contributed by atoms with Gasteiger partial charge in [0.05, 0.1) is 10.6 Å². The molecule has 0 aromatic heterocycles. The Morgan fingerprint density at radius 1 is 1.38 bits per heavy atom. The van der Waals surface area contributed by atoms with Crippen molar-refractivity contribution in [3.05, 3.63) is 27.2 Å². The summed E-state index contributed by atoms with van der Waals surface area (Å²) in [6.45, 7) is 0.719. The van der Waals surface area contributed by atoms with Crippen LogP contribution in [0.5, 0.6) is 0 Å². The lowest BCUT2D eigenvalue weighted by atomic mass is 10.1. The molecule has 2 aliphatic rings. The lowest BCUT2D eigenvalue weighted by Gasteiger charge is -2.27. The van der Waals surface area contributed by atoms with Gasteiger partial charge in [-0.05, 0) is 37.3 Å². The van der Waals surface area contributed by atoms with Crippen LogP contribution < -0.4 is 5.14 Å². The lowest BCUT2D eigenvalue weighted by Crippen LogP contribution is -2.38. The molecule has 2 fully saturated rings. The number of likely N-dealkylation sites (tertiary alicyclic amines) is 1. The van der Waals surface area contributed by atoms with Crippen molar-refractivity contribution in [3.8, 4) is 0 Å². The molecule has 0 spiro atoms. The van der Waals surface area contributed by atoms with E-state index in [0.717, 1.165) is 25.8 Å². The SMILES string of the molecule is NS(=O)(=O)c1cc(Br)cc(C(=O)N2CC3CCC2C3)c1Cl. The molecular weight excluding hydrogens is 380 g/mol. The van der Waals surface area contributed by atoms with Gasteiger partial charge in [-0.15, -0.1) is 0 Å². The summed E-state index contributed by atoms with van der Waals surface area (Å²) in [6.07, 6.45) is 3.19. The number of primary sulfonamides is 1. The molecule has 1 aliphatic heterocycles. The van der Waals surface area contributed by atoms with Crippen LogP contribution in [0.4, 0.5) is 0 Å². The molecule has 0 radical (unpaired) electrons. The van der Waals surface area contributed by atoms with E-state index in [1.165, 1.54) is 6.07 Å². The van der Waals surface area contributed by atoms with E-state index in [9.17, 15) is 13.2 Å². The summed E-state index contributed by atoms with van der Waals surface area (Å²) in [7, 11) is -3.98. The van der Waals surface area contributed by atoms with E-state index in [2.05, 4.69) is 15.9 Å². The predicted molar refractivity (Wildman–Crippen MR) is 82.7 cm³/mol. The lowest BCUT2D eigenvalue weighted by molar-refractivity contribution is 0.0703. The molecule has 3 rings (SSSR count). The molecule has 1 saturated carbocycles. The molecule has 2 atom stereocenters. The maximum absolute atomic E-state index is 12.7. The van der Waals surface area contributed by atoms with Gasteiger partial charge < -0.3 is 4.90 Å². The third-order valence-corrected chi connectivity index (χ3v) is 6.12. The fraction of sp³-hybridized carbons (Fsp3) is 0.462. The molecule has 1 aliphatic carbocycles. The number of halogens is 2. The summed E-state index contributed by atoms with van der Waals surface area (Å²) >= 11 is 9.32. The molecule has 21 heavy (non-hydrogen) atoms. The molecule has 1 saturated heterocycles. The van der Waals surface area contributed by atoms with Gasteiger partial charge in [0.2, 0.25) is 10.0 Å². The first-order valence-electron chi connectivity index (χ1n) is 6.60. The molecule has 1 amide bonds. The second-order valence-electron chi connectivity index (χ2n) is 5.60. The van der Waals surface area contributed by atoms with E-state index in [1.54, 1.807) is 11.0 Å². The van der Waals surface area contributed by atoms with Gasteiger partial charge in [-0.3, -0.25) is 4.79 Å². The van der Waals surface area contributed by atoms with Crippen LogP contribution >= 0.6 is 27.5 Å². The molecule has 2 unspecified atom stereocenters. The van der Waals surface area contributed by atoms with Crippen LogP contribution in [0.25, 0.3) is 0 Å². The van der Waals surface area contributed by atoms with Crippen LogP contribution in [0.2, 0.25) is 5.02 Å². The first kappa shape index (κ1) is 15.3. The van der Waals surface area contributed by atoms with Crippen molar-refractivity contribution in [3.63, 3.8) is 0 Å². The summed E-state index contributed by atoms with van der Waals surface area (Å²) in [5.41, 5.74) is 0.183. The van der Waals surface area contributed by atoms with Gasteiger partial charge in [0, 0.05) is 17.1 Å². The highest BCUT2D eigenvalue weighted by atomic mass is 79.9. The maximum Gasteiger partial charge on any atom is 0.255 e. The first-order valence-corrected chi connectivity index (χ1v) is 9.32. The number of hydrogen-bond donors (Lipinski definition) is 1. The van der Waals surface area contributed by atoms with Crippen LogP contribution in [0, 0.1) is 5.92 Å². The minimum Gasteiger partial charge on any atom is -0.335 e. The van der Waals surface area contributed by atoms with E-state index in [1.807, 2.05) is 0 Å². The number of carbonyl (C=O) groups excluding carboxylic acids is 1. The fourth-order valence-electron chi connectivity index (χ4n) is 3.26. The van der Waals surface area contributed by atoms with Gasteiger partial charge in [0.1, 0.15) is 4.90 Å². The predicted octanol–water partition coefficient (Wildman–Crippen LogP) is 2.37. The maximum atomic E-state index is 12.7. The van der Waals surface area contributed by atoms with E-state index in [-0.39, 0.29) is 27.4 Å². The second-order valence-corrected chi connectivity index (χ2v) is 8.42. The summed E-state index contributed by atoms with van der Waals surface area (Å²) in [5, 5.41) is 5.05. The third-order valence-electron chi connectivity index (χ3n) is 4.21. The highest BCUT2D eigenvalue weighted by Crippen LogP contribution is 2.39. The summed E-state index contributed by atoms with van der Waals surface area (Å²) in [4.78, 5) is 14.2. The Morgan fingerprint density at radius 2 is 2.10 bits per heavy atom. The number of fused-ring (bicyclic) bond motifs is 2. The standard InChI is InChI=1S/C13H14BrClN2O3S/c14-8-4-10(12(15)11(5-8)21(16,19)20)13(18)17-6-7-1-2-9(17)3-7/h4-5,7,9H,1-3,6H2,(H2,16,19,20). The van der Waals surface area contributed by atoms with Crippen molar-refractivity contribution in [2.45, 2.75) is 30.2 Å². The van der Waals surface area contributed by atoms with Gasteiger partial charge in [-0.2, -0.15) is 0 Å². The van der Waals surface area contributed by atoms with Gasteiger partial charge in [-0.25, -0.2) is 13.6 Å². The van der Waals surface area contributed by atoms with Crippen LogP contribution in [-0.4, -0.2) is 31.8 Å². The minimum absolute atomic E-state index is 0.103. The molecular formula is C13H14BrClN2O3S. The molecule has 1 aromatic carbocycles. The van der Waals surface area contributed by atoms with Crippen molar-refractivity contribution >= 4 is 43.5 Å². The highest BCUT2D eigenvalue weighted by molar-refractivity contribution is 9.10. The van der Waals surface area contributed by atoms with Crippen molar-refractivity contribution in [2.24, 2.45) is 11.1 Å². The van der Waals surface area contributed by atoms with Crippen LogP contribution in [0.15, 0.2) is 21.5 Å². The summed E-state index contributed by atoms with van der Waals surface area (Å²) in [5.74, 6) is 0.334. The normalized spacial score (nSPS) is 24.6. The van der Waals surface area contributed by atoms with Crippen LogP contribution in [0.3, 0.4) is 0 Å². The number of amides is 1. The van der Waals surface area contributed by atoms with Gasteiger partial charge >= 0.3 is 0 Å². The van der Waals surface area contributed by atoms with Gasteiger partial charge in [0.25, 0.3) is 5.91 Å². The zero-order chi connectivity index (χ0) is 15.4. The Labute approximate surface area is 136 Å². The Balaban J connectivity index is 2.03. The van der Waals surface area contributed by atoms with Crippen LogP contribution in [0.1, 0.15) is 29.6 Å². The van der Waals surface area contributed by atoms with Crippen molar-refractivity contribution in [1.82, 2.24) is 4.90 Å². The average molecular weight is 394 g/mol. The van der Waals surface area contributed by atoms with E-state index >= 15 is 0 Å². The number of sulfonamides is 1. The molecule has 2 N–H and O–H groups in total. The van der Waals surface area contributed by atoms with Crippen molar-refractivity contribution in [1.29, 1.82) is 0 Å². The number of nitrogens with two attached hydrogens (primary N) is 1. The monoisotopic (exact) mass is 392 g/mol. The number of piperidine rings is 1. The second kappa shape index (κ2) is 5.22. The number of carbonyl (C=O) groups is 1. The smallest absolute Gasteiger partial charge is 0.255 e. The Morgan fingerprint density at radius 3 is 2.62 bits per heavy atom. The highest BCUT2D eigenvalue weighted by Gasteiger charge is 2.41. The third kappa shape index (κ3) is 2.72. The van der Waals surface area contributed by atoms with E-state index in [0.29, 0.717) is 10.4 Å². The Kier molecular flexibility index (Phi) is 3.80. The Bertz CT molecular complexity index is 722. The molecule has 114 valence electrons. The number of rotatable bonds is 2. The average Bonchev–Trinajstić information content (AvgIpc) is 3.01. The molecule has 1 heterocycles. The van der Waals surface area contributed by atoms with E-state index < -0.39 is 10.0 Å². The van der Waals surface area contributed by atoms with Gasteiger partial charge in [-0.1, -0.05) is 27.5 Å². The van der Waals surface area contributed by atoms with Gasteiger partial charge in [0.15, 0.2) is 0 Å². The molecule has 1 aromatic rings. The number of benzene rings is 1. The molecule has 8 heteroatoms. The largest absolute Gasteiger partial charge is 0.335 e. The summed E-state index contributed by atoms with van der Waals surface area (Å²) < 4.78 is 23.6. The minimum atomic E-state index is -3.98. The zero-order valence-electron chi connectivity index (χ0n) is 11.1. The molecule has 2 bridgehead atoms. The van der Waals surface area contributed by atoms with Crippen LogP contribution in [-0.2, 0) is 10.0 Å². The molecule has 5 nitrogen and oxygen atoms in total. The van der Waals surface area contributed by atoms with Crippen molar-refractivity contribution in [2.75, 3.05) is 6.54 Å². The summed E-state index contributed by atoms with van der Waals surface area (Å²) in [6, 6.07) is 3.10. The zero-order valence-corrected chi connectivity index (χ0v) is 14.2.